The Morgan fingerprint density at radius 1 is 1.24 bits per heavy atom. The highest BCUT2D eigenvalue weighted by atomic mass is 16.5. The van der Waals surface area contributed by atoms with Gasteiger partial charge in [0.2, 0.25) is 5.91 Å². The average Bonchev–Trinajstić information content (AvgIpc) is 2.61. The van der Waals surface area contributed by atoms with Gasteiger partial charge in [-0.15, -0.1) is 0 Å². The number of ether oxygens (including phenoxy) is 1. The zero-order valence-corrected chi connectivity index (χ0v) is 15.8. The van der Waals surface area contributed by atoms with E-state index in [1.165, 1.54) is 11.1 Å². The fourth-order valence-corrected chi connectivity index (χ4v) is 3.04. The number of nitrogens with one attached hydrogen (secondary N) is 1. The second-order valence-corrected chi connectivity index (χ2v) is 6.29. The van der Waals surface area contributed by atoms with Crippen molar-refractivity contribution in [2.75, 3.05) is 46.4 Å². The molecule has 1 aliphatic heterocycles. The summed E-state index contributed by atoms with van der Waals surface area (Å²) in [4.78, 5) is 20.4. The molecular formula is C19H30N4O2. The van der Waals surface area contributed by atoms with Gasteiger partial charge in [-0.1, -0.05) is 17.7 Å². The SMILES string of the molecule is CCNC(=NCCc1cc(C)ccc1OC)N1CCN(C(C)=O)CC1. The van der Waals surface area contributed by atoms with Crippen LogP contribution in [0.25, 0.3) is 0 Å². The number of hydrogen-bond acceptors (Lipinski definition) is 3. The molecule has 0 radical (unpaired) electrons. The molecule has 1 aromatic carbocycles. The van der Waals surface area contributed by atoms with E-state index >= 15 is 0 Å². The summed E-state index contributed by atoms with van der Waals surface area (Å²) in [6.07, 6.45) is 0.840. The number of aryl methyl sites for hydroxylation is 1. The van der Waals surface area contributed by atoms with Gasteiger partial charge in [0.25, 0.3) is 0 Å². The lowest BCUT2D eigenvalue weighted by molar-refractivity contribution is -0.130. The predicted octanol–water partition coefficient (Wildman–Crippen LogP) is 1.68. The second kappa shape index (κ2) is 9.30. The number of carbonyl (C=O) groups excluding carboxylic acids is 1. The maximum absolute atomic E-state index is 11.5. The third-order valence-electron chi connectivity index (χ3n) is 4.44. The normalized spacial score (nSPS) is 15.3. The van der Waals surface area contributed by atoms with E-state index in [-0.39, 0.29) is 5.91 Å². The van der Waals surface area contributed by atoms with Crippen molar-refractivity contribution in [3.8, 4) is 5.75 Å². The van der Waals surface area contributed by atoms with E-state index in [9.17, 15) is 4.79 Å². The minimum absolute atomic E-state index is 0.146. The molecule has 0 saturated carbocycles. The number of piperazine rings is 1. The summed E-state index contributed by atoms with van der Waals surface area (Å²) in [5, 5.41) is 3.36. The molecular weight excluding hydrogens is 316 g/mol. The van der Waals surface area contributed by atoms with Crippen LogP contribution >= 0.6 is 0 Å². The van der Waals surface area contributed by atoms with Gasteiger partial charge in [-0.25, -0.2) is 0 Å². The van der Waals surface area contributed by atoms with Crippen molar-refractivity contribution in [1.82, 2.24) is 15.1 Å². The first kappa shape index (κ1) is 19.1. The molecule has 2 rings (SSSR count). The fraction of sp³-hybridized carbons (Fsp3) is 0.579. The van der Waals surface area contributed by atoms with Crippen molar-refractivity contribution < 1.29 is 9.53 Å². The lowest BCUT2D eigenvalue weighted by atomic mass is 10.1. The Morgan fingerprint density at radius 3 is 2.52 bits per heavy atom. The monoisotopic (exact) mass is 346 g/mol. The first-order valence-electron chi connectivity index (χ1n) is 8.97. The van der Waals surface area contributed by atoms with E-state index in [1.807, 2.05) is 11.0 Å². The van der Waals surface area contributed by atoms with Gasteiger partial charge in [-0.2, -0.15) is 0 Å². The highest BCUT2D eigenvalue weighted by molar-refractivity contribution is 5.80. The van der Waals surface area contributed by atoms with E-state index < -0.39 is 0 Å². The molecule has 0 aliphatic carbocycles. The van der Waals surface area contributed by atoms with E-state index in [4.69, 9.17) is 9.73 Å². The van der Waals surface area contributed by atoms with Crippen LogP contribution in [0.2, 0.25) is 0 Å². The molecule has 0 spiro atoms. The van der Waals surface area contributed by atoms with Crippen molar-refractivity contribution in [2.45, 2.75) is 27.2 Å². The predicted molar refractivity (Wildman–Crippen MR) is 101 cm³/mol. The smallest absolute Gasteiger partial charge is 0.219 e. The molecule has 0 aromatic heterocycles. The van der Waals surface area contributed by atoms with Crippen molar-refractivity contribution in [2.24, 2.45) is 4.99 Å². The summed E-state index contributed by atoms with van der Waals surface area (Å²) in [5.41, 5.74) is 2.41. The standard InChI is InChI=1S/C19H30N4O2/c1-5-20-19(23-12-10-22(11-13-23)16(3)24)21-9-8-17-14-15(2)6-7-18(17)25-4/h6-7,14H,5,8-13H2,1-4H3,(H,20,21). The van der Waals surface area contributed by atoms with Crippen LogP contribution in [0.4, 0.5) is 0 Å². The Balaban J connectivity index is 1.98. The maximum Gasteiger partial charge on any atom is 0.219 e. The van der Waals surface area contributed by atoms with Crippen molar-refractivity contribution in [1.29, 1.82) is 0 Å². The van der Waals surface area contributed by atoms with Crippen LogP contribution in [0.1, 0.15) is 25.0 Å². The second-order valence-electron chi connectivity index (χ2n) is 6.29. The van der Waals surface area contributed by atoms with Crippen LogP contribution in [0.5, 0.6) is 5.75 Å². The van der Waals surface area contributed by atoms with Gasteiger partial charge in [-0.3, -0.25) is 9.79 Å². The number of nitrogens with zero attached hydrogens (tertiary/aromatic N) is 3. The van der Waals surface area contributed by atoms with Crippen molar-refractivity contribution >= 4 is 11.9 Å². The molecule has 1 aliphatic rings. The van der Waals surface area contributed by atoms with Gasteiger partial charge in [0.15, 0.2) is 5.96 Å². The summed E-state index contributed by atoms with van der Waals surface area (Å²) in [5.74, 6) is 1.99. The molecule has 0 atom stereocenters. The van der Waals surface area contributed by atoms with Crippen molar-refractivity contribution in [3.63, 3.8) is 0 Å². The van der Waals surface area contributed by atoms with Crippen LogP contribution in [0, 0.1) is 6.92 Å². The Bertz CT molecular complexity index is 607. The Kier molecular flexibility index (Phi) is 7.10. The minimum atomic E-state index is 0.146. The summed E-state index contributed by atoms with van der Waals surface area (Å²) in [6.45, 7) is 10.5. The fourth-order valence-electron chi connectivity index (χ4n) is 3.04. The number of benzene rings is 1. The first-order valence-corrected chi connectivity index (χ1v) is 8.97. The summed E-state index contributed by atoms with van der Waals surface area (Å²) < 4.78 is 5.44. The molecule has 1 aromatic rings. The molecule has 1 saturated heterocycles. The van der Waals surface area contributed by atoms with Crippen LogP contribution in [-0.2, 0) is 11.2 Å². The minimum Gasteiger partial charge on any atom is -0.496 e. The third kappa shape index (κ3) is 5.37. The quantitative estimate of drug-likeness (QED) is 0.651. The lowest BCUT2D eigenvalue weighted by Crippen LogP contribution is -2.53. The Hall–Kier alpha value is -2.24. The van der Waals surface area contributed by atoms with E-state index in [0.29, 0.717) is 6.54 Å². The molecule has 1 amide bonds. The zero-order chi connectivity index (χ0) is 18.2. The molecule has 0 unspecified atom stereocenters. The number of hydrogen-bond donors (Lipinski definition) is 1. The van der Waals surface area contributed by atoms with Gasteiger partial charge >= 0.3 is 0 Å². The maximum atomic E-state index is 11.5. The van der Waals surface area contributed by atoms with E-state index in [0.717, 1.165) is 50.9 Å². The highest BCUT2D eigenvalue weighted by Crippen LogP contribution is 2.20. The van der Waals surface area contributed by atoms with Crippen LogP contribution < -0.4 is 10.1 Å². The molecule has 6 heteroatoms. The number of amides is 1. The molecule has 1 fully saturated rings. The topological polar surface area (TPSA) is 57.2 Å². The number of rotatable bonds is 5. The molecule has 1 N–H and O–H groups in total. The van der Waals surface area contributed by atoms with Crippen LogP contribution in [-0.4, -0.2) is 68.0 Å². The number of guanidine groups is 1. The van der Waals surface area contributed by atoms with Crippen molar-refractivity contribution in [3.05, 3.63) is 29.3 Å². The third-order valence-corrected chi connectivity index (χ3v) is 4.44. The molecule has 1 heterocycles. The Labute approximate surface area is 150 Å². The highest BCUT2D eigenvalue weighted by Gasteiger charge is 2.20. The number of carbonyl (C=O) groups is 1. The number of aliphatic imine (C=N–C) groups is 1. The zero-order valence-electron chi connectivity index (χ0n) is 15.8. The van der Waals surface area contributed by atoms with Crippen LogP contribution in [0.3, 0.4) is 0 Å². The van der Waals surface area contributed by atoms with Crippen LogP contribution in [0.15, 0.2) is 23.2 Å². The number of methoxy groups -OCH3 is 1. The Morgan fingerprint density at radius 2 is 1.92 bits per heavy atom. The molecule has 138 valence electrons. The van der Waals surface area contributed by atoms with Gasteiger partial charge < -0.3 is 19.9 Å². The molecule has 0 bridgehead atoms. The summed E-state index contributed by atoms with van der Waals surface area (Å²) in [6, 6.07) is 6.23. The largest absolute Gasteiger partial charge is 0.496 e. The van der Waals surface area contributed by atoms with Gasteiger partial charge in [0, 0.05) is 46.2 Å². The summed E-state index contributed by atoms with van der Waals surface area (Å²) >= 11 is 0. The van der Waals surface area contributed by atoms with Gasteiger partial charge in [0.05, 0.1) is 7.11 Å². The summed E-state index contributed by atoms with van der Waals surface area (Å²) in [7, 11) is 1.70. The van der Waals surface area contributed by atoms with Gasteiger partial charge in [-0.05, 0) is 31.9 Å². The van der Waals surface area contributed by atoms with Gasteiger partial charge in [0.1, 0.15) is 5.75 Å². The van der Waals surface area contributed by atoms with E-state index in [1.54, 1.807) is 14.0 Å². The molecule has 6 nitrogen and oxygen atoms in total. The first-order chi connectivity index (χ1) is 12.0. The average molecular weight is 346 g/mol. The lowest BCUT2D eigenvalue weighted by Gasteiger charge is -2.36. The van der Waals surface area contributed by atoms with E-state index in [2.05, 4.69) is 36.2 Å². The molecule has 25 heavy (non-hydrogen) atoms.